The monoisotopic (exact) mass is 313 g/mol. The molecule has 0 aliphatic carbocycles. The van der Waals surface area contributed by atoms with Gasteiger partial charge in [0.1, 0.15) is 0 Å². The van der Waals surface area contributed by atoms with Crippen LogP contribution in [0.3, 0.4) is 0 Å². The molecule has 0 amide bonds. The average molecular weight is 314 g/mol. The highest BCUT2D eigenvalue weighted by atomic mass is 35.5. The van der Waals surface area contributed by atoms with Gasteiger partial charge in [-0.15, -0.1) is 11.3 Å². The Labute approximate surface area is 134 Å². The second kappa shape index (κ2) is 6.33. The Morgan fingerprint density at radius 1 is 1.00 bits per heavy atom. The summed E-state index contributed by atoms with van der Waals surface area (Å²) in [5, 5.41) is 6.46. The Kier molecular flexibility index (Phi) is 4.28. The molecule has 21 heavy (non-hydrogen) atoms. The van der Waals surface area contributed by atoms with Crippen molar-refractivity contribution in [2.24, 2.45) is 0 Å². The molecule has 2 aromatic carbocycles. The maximum Gasteiger partial charge on any atom is 0.0494 e. The van der Waals surface area contributed by atoms with Gasteiger partial charge in [0.2, 0.25) is 0 Å². The maximum atomic E-state index is 5.98. The van der Waals surface area contributed by atoms with Crippen molar-refractivity contribution in [3.63, 3.8) is 0 Å². The van der Waals surface area contributed by atoms with Crippen LogP contribution in [0.25, 0.3) is 11.1 Å². The molecule has 106 valence electrons. The van der Waals surface area contributed by atoms with Crippen LogP contribution < -0.4 is 5.32 Å². The Hall–Kier alpha value is -1.77. The minimum atomic E-state index is 0.778. The van der Waals surface area contributed by atoms with Crippen molar-refractivity contribution in [3.8, 4) is 11.1 Å². The highest BCUT2D eigenvalue weighted by Gasteiger charge is 2.03. The molecule has 0 atom stereocenters. The molecule has 0 aliphatic heterocycles. The van der Waals surface area contributed by atoms with Crippen LogP contribution in [0, 0.1) is 6.92 Å². The normalized spacial score (nSPS) is 10.6. The first kappa shape index (κ1) is 14.2. The largest absolute Gasteiger partial charge is 0.380 e. The number of nitrogens with one attached hydrogen (secondary N) is 1. The Morgan fingerprint density at radius 3 is 2.57 bits per heavy atom. The molecule has 1 N–H and O–H groups in total. The standard InChI is InChI=1S/C18H16ClNS/c1-13-9-16(19)7-8-18(13)20-11-17-10-15(12-21-17)14-5-3-2-4-6-14/h2-10,12,20H,11H2,1H3. The van der Waals surface area contributed by atoms with Crippen LogP contribution in [-0.4, -0.2) is 0 Å². The molecule has 3 rings (SSSR count). The molecule has 0 bridgehead atoms. The first-order chi connectivity index (χ1) is 10.2. The third kappa shape index (κ3) is 3.46. The van der Waals surface area contributed by atoms with Gasteiger partial charge in [-0.3, -0.25) is 0 Å². The molecule has 0 aliphatic rings. The zero-order valence-corrected chi connectivity index (χ0v) is 13.3. The number of halogens is 1. The van der Waals surface area contributed by atoms with E-state index in [1.165, 1.54) is 21.6 Å². The zero-order valence-electron chi connectivity index (χ0n) is 11.8. The first-order valence-electron chi connectivity index (χ1n) is 6.85. The number of anilines is 1. The predicted molar refractivity (Wildman–Crippen MR) is 93.3 cm³/mol. The van der Waals surface area contributed by atoms with Gasteiger partial charge < -0.3 is 5.32 Å². The van der Waals surface area contributed by atoms with E-state index in [4.69, 9.17) is 11.6 Å². The van der Waals surface area contributed by atoms with Gasteiger partial charge in [0.25, 0.3) is 0 Å². The number of hydrogen-bond donors (Lipinski definition) is 1. The molecular weight excluding hydrogens is 298 g/mol. The van der Waals surface area contributed by atoms with Crippen molar-refractivity contribution in [1.82, 2.24) is 0 Å². The molecule has 0 spiro atoms. The van der Waals surface area contributed by atoms with Crippen molar-refractivity contribution in [1.29, 1.82) is 0 Å². The fraction of sp³-hybridized carbons (Fsp3) is 0.111. The Morgan fingerprint density at radius 2 is 1.81 bits per heavy atom. The summed E-state index contributed by atoms with van der Waals surface area (Å²) in [6.45, 7) is 2.90. The number of benzene rings is 2. The van der Waals surface area contributed by atoms with E-state index in [1.54, 1.807) is 11.3 Å². The van der Waals surface area contributed by atoms with E-state index in [2.05, 4.69) is 48.0 Å². The number of thiophene rings is 1. The molecule has 1 aromatic heterocycles. The van der Waals surface area contributed by atoms with Crippen molar-refractivity contribution in [2.45, 2.75) is 13.5 Å². The van der Waals surface area contributed by atoms with Crippen LogP contribution in [0.5, 0.6) is 0 Å². The molecule has 0 unspecified atom stereocenters. The van der Waals surface area contributed by atoms with E-state index < -0.39 is 0 Å². The van der Waals surface area contributed by atoms with E-state index in [1.807, 2.05) is 24.3 Å². The average Bonchev–Trinajstić information content (AvgIpc) is 2.96. The van der Waals surface area contributed by atoms with Crippen LogP contribution in [0.2, 0.25) is 5.02 Å². The fourth-order valence-electron chi connectivity index (χ4n) is 2.26. The van der Waals surface area contributed by atoms with E-state index in [0.29, 0.717) is 0 Å². The van der Waals surface area contributed by atoms with E-state index >= 15 is 0 Å². The summed E-state index contributed by atoms with van der Waals surface area (Å²) in [5.74, 6) is 0. The van der Waals surface area contributed by atoms with Crippen molar-refractivity contribution in [2.75, 3.05) is 5.32 Å². The summed E-state index contributed by atoms with van der Waals surface area (Å²) in [6.07, 6.45) is 0. The van der Waals surface area contributed by atoms with Crippen molar-refractivity contribution in [3.05, 3.63) is 75.4 Å². The smallest absolute Gasteiger partial charge is 0.0494 e. The lowest BCUT2D eigenvalue weighted by atomic mass is 10.1. The number of hydrogen-bond acceptors (Lipinski definition) is 2. The minimum absolute atomic E-state index is 0.778. The molecular formula is C18H16ClNS. The topological polar surface area (TPSA) is 12.0 Å². The lowest BCUT2D eigenvalue weighted by molar-refractivity contribution is 1.18. The SMILES string of the molecule is Cc1cc(Cl)ccc1NCc1cc(-c2ccccc2)cs1. The van der Waals surface area contributed by atoms with Gasteiger partial charge in [-0.05, 0) is 53.3 Å². The van der Waals surface area contributed by atoms with Crippen LogP contribution in [0.4, 0.5) is 5.69 Å². The van der Waals surface area contributed by atoms with Gasteiger partial charge >= 0.3 is 0 Å². The summed E-state index contributed by atoms with van der Waals surface area (Å²) < 4.78 is 0. The molecule has 0 saturated heterocycles. The molecule has 0 radical (unpaired) electrons. The van der Waals surface area contributed by atoms with Gasteiger partial charge in [-0.1, -0.05) is 41.9 Å². The van der Waals surface area contributed by atoms with Crippen molar-refractivity contribution < 1.29 is 0 Å². The highest BCUT2D eigenvalue weighted by Crippen LogP contribution is 2.26. The van der Waals surface area contributed by atoms with E-state index in [-0.39, 0.29) is 0 Å². The highest BCUT2D eigenvalue weighted by molar-refractivity contribution is 7.10. The van der Waals surface area contributed by atoms with Crippen molar-refractivity contribution >= 4 is 28.6 Å². The zero-order chi connectivity index (χ0) is 14.7. The van der Waals surface area contributed by atoms with Gasteiger partial charge in [-0.25, -0.2) is 0 Å². The third-order valence-electron chi connectivity index (χ3n) is 3.40. The molecule has 1 heterocycles. The molecule has 0 saturated carbocycles. The quantitative estimate of drug-likeness (QED) is 0.624. The molecule has 3 heteroatoms. The van der Waals surface area contributed by atoms with E-state index in [0.717, 1.165) is 17.3 Å². The van der Waals surface area contributed by atoms with Crippen LogP contribution in [-0.2, 0) is 6.54 Å². The molecule has 1 nitrogen and oxygen atoms in total. The summed E-state index contributed by atoms with van der Waals surface area (Å²) >= 11 is 7.76. The Bertz CT molecular complexity index is 734. The minimum Gasteiger partial charge on any atom is -0.380 e. The first-order valence-corrected chi connectivity index (χ1v) is 8.11. The summed E-state index contributed by atoms with van der Waals surface area (Å²) in [7, 11) is 0. The van der Waals surface area contributed by atoms with Crippen LogP contribution >= 0.6 is 22.9 Å². The third-order valence-corrected chi connectivity index (χ3v) is 4.57. The van der Waals surface area contributed by atoms with Gasteiger partial charge in [0.05, 0.1) is 0 Å². The predicted octanol–water partition coefficient (Wildman–Crippen LogP) is 5.99. The maximum absolute atomic E-state index is 5.98. The Balaban J connectivity index is 1.70. The number of aryl methyl sites for hydroxylation is 1. The lowest BCUT2D eigenvalue weighted by Gasteiger charge is -2.08. The number of rotatable bonds is 4. The second-order valence-corrected chi connectivity index (χ2v) is 6.41. The van der Waals surface area contributed by atoms with Gasteiger partial charge in [0.15, 0.2) is 0 Å². The van der Waals surface area contributed by atoms with Crippen LogP contribution in [0.15, 0.2) is 60.0 Å². The molecule has 0 fully saturated rings. The second-order valence-electron chi connectivity index (χ2n) is 4.98. The van der Waals surface area contributed by atoms with E-state index in [9.17, 15) is 0 Å². The summed E-state index contributed by atoms with van der Waals surface area (Å²) in [6, 6.07) is 18.6. The molecule has 3 aromatic rings. The van der Waals surface area contributed by atoms with Gasteiger partial charge in [-0.2, -0.15) is 0 Å². The fourth-order valence-corrected chi connectivity index (χ4v) is 3.32. The summed E-state index contributed by atoms with van der Waals surface area (Å²) in [4.78, 5) is 1.32. The lowest BCUT2D eigenvalue weighted by Crippen LogP contribution is -1.99. The van der Waals surface area contributed by atoms with Gasteiger partial charge in [0, 0.05) is 22.1 Å². The van der Waals surface area contributed by atoms with Crippen LogP contribution in [0.1, 0.15) is 10.4 Å². The summed E-state index contributed by atoms with van der Waals surface area (Å²) in [5.41, 5.74) is 4.85.